The Kier molecular flexibility index (Phi) is 4.48. The summed E-state index contributed by atoms with van der Waals surface area (Å²) < 4.78 is 0.227. The molecule has 0 aromatic heterocycles. The van der Waals surface area contributed by atoms with Crippen molar-refractivity contribution >= 4 is 23.6 Å². The predicted octanol–water partition coefficient (Wildman–Crippen LogP) is 2.28. The molecule has 3 fully saturated rings. The van der Waals surface area contributed by atoms with Crippen LogP contribution in [-0.2, 0) is 9.59 Å². The molecule has 0 aromatic carbocycles. The Balaban J connectivity index is 1.74. The molecular weight excluding hydrogens is 284 g/mol. The Morgan fingerprint density at radius 1 is 1.14 bits per heavy atom. The molecule has 0 N–H and O–H groups in total. The Bertz CT molecular complexity index is 421. The fraction of sp³-hybridized carbons (Fsp3) is 0.875. The van der Waals surface area contributed by atoms with Gasteiger partial charge in [0.15, 0.2) is 0 Å². The van der Waals surface area contributed by atoms with Crippen molar-refractivity contribution in [2.75, 3.05) is 25.9 Å². The van der Waals surface area contributed by atoms with Crippen molar-refractivity contribution in [3.8, 4) is 0 Å². The minimum absolute atomic E-state index is 0.164. The zero-order valence-corrected chi connectivity index (χ0v) is 13.8. The molecule has 5 heteroatoms. The van der Waals surface area contributed by atoms with E-state index in [1.807, 2.05) is 21.6 Å². The van der Waals surface area contributed by atoms with Crippen LogP contribution in [0.25, 0.3) is 0 Å². The van der Waals surface area contributed by atoms with Crippen LogP contribution in [-0.4, -0.2) is 58.3 Å². The van der Waals surface area contributed by atoms with E-state index >= 15 is 0 Å². The fourth-order valence-corrected chi connectivity index (χ4v) is 5.13. The van der Waals surface area contributed by atoms with Gasteiger partial charge in [-0.1, -0.05) is 19.3 Å². The van der Waals surface area contributed by atoms with Gasteiger partial charge in [-0.05, 0) is 31.9 Å². The lowest BCUT2D eigenvalue weighted by molar-refractivity contribution is -0.139. The number of carbonyl (C=O) groups is 2. The third kappa shape index (κ3) is 2.94. The topological polar surface area (TPSA) is 40.6 Å². The number of hydrogen-bond acceptors (Lipinski definition) is 3. The van der Waals surface area contributed by atoms with Gasteiger partial charge in [-0.2, -0.15) is 11.8 Å². The Morgan fingerprint density at radius 2 is 1.90 bits per heavy atom. The van der Waals surface area contributed by atoms with E-state index in [-0.39, 0.29) is 22.6 Å². The van der Waals surface area contributed by atoms with E-state index in [1.165, 1.54) is 32.1 Å². The van der Waals surface area contributed by atoms with Crippen LogP contribution in [0.1, 0.15) is 51.4 Å². The molecule has 1 atom stereocenters. The van der Waals surface area contributed by atoms with Gasteiger partial charge in [0.25, 0.3) is 0 Å². The SMILES string of the molecule is CSC1(CN2CCC(=O)N3CCCC3C2=O)CCCCC1. The summed E-state index contributed by atoms with van der Waals surface area (Å²) in [6, 6.07) is -0.164. The second-order valence-corrected chi connectivity index (χ2v) is 7.98. The highest BCUT2D eigenvalue weighted by atomic mass is 32.2. The van der Waals surface area contributed by atoms with Crippen LogP contribution in [0.3, 0.4) is 0 Å². The van der Waals surface area contributed by atoms with Crippen molar-refractivity contribution in [2.45, 2.75) is 62.2 Å². The lowest BCUT2D eigenvalue weighted by Crippen LogP contribution is -2.49. The van der Waals surface area contributed by atoms with Gasteiger partial charge < -0.3 is 9.80 Å². The smallest absolute Gasteiger partial charge is 0.245 e. The number of nitrogens with zero attached hydrogens (tertiary/aromatic N) is 2. The van der Waals surface area contributed by atoms with E-state index in [0.717, 1.165) is 25.9 Å². The van der Waals surface area contributed by atoms with Crippen LogP contribution < -0.4 is 0 Å². The number of fused-ring (bicyclic) bond motifs is 1. The van der Waals surface area contributed by atoms with Gasteiger partial charge in [0.05, 0.1) is 0 Å². The summed E-state index contributed by atoms with van der Waals surface area (Å²) in [5.41, 5.74) is 0. The summed E-state index contributed by atoms with van der Waals surface area (Å²) in [7, 11) is 0. The summed E-state index contributed by atoms with van der Waals surface area (Å²) in [5, 5.41) is 0. The van der Waals surface area contributed by atoms with Crippen LogP contribution >= 0.6 is 11.8 Å². The third-order valence-corrected chi connectivity index (χ3v) is 6.85. The van der Waals surface area contributed by atoms with Gasteiger partial charge in [0.2, 0.25) is 11.8 Å². The lowest BCUT2D eigenvalue weighted by Gasteiger charge is -2.40. The molecule has 4 nitrogen and oxygen atoms in total. The second kappa shape index (κ2) is 6.19. The largest absolute Gasteiger partial charge is 0.339 e. The number of rotatable bonds is 3. The Morgan fingerprint density at radius 3 is 2.62 bits per heavy atom. The minimum atomic E-state index is -0.164. The molecule has 3 rings (SSSR count). The standard InChI is InChI=1S/C16H26N2O2S/c1-21-16(8-3-2-4-9-16)12-17-11-7-14(19)18-10-5-6-13(18)15(17)20/h13H,2-12H2,1H3. The molecular formula is C16H26N2O2S. The van der Waals surface area contributed by atoms with Crippen LogP contribution in [0.15, 0.2) is 0 Å². The van der Waals surface area contributed by atoms with E-state index in [1.54, 1.807) is 0 Å². The number of carbonyl (C=O) groups excluding carboxylic acids is 2. The monoisotopic (exact) mass is 310 g/mol. The van der Waals surface area contributed by atoms with Crippen LogP contribution in [0.5, 0.6) is 0 Å². The fourth-order valence-electron chi connectivity index (χ4n) is 4.14. The van der Waals surface area contributed by atoms with Crippen molar-refractivity contribution < 1.29 is 9.59 Å². The van der Waals surface area contributed by atoms with Gasteiger partial charge in [-0.15, -0.1) is 0 Å². The molecule has 1 aliphatic carbocycles. The first-order chi connectivity index (χ1) is 10.2. The molecule has 2 aliphatic heterocycles. The molecule has 1 saturated carbocycles. The summed E-state index contributed by atoms with van der Waals surface area (Å²) >= 11 is 1.93. The first-order valence-corrected chi connectivity index (χ1v) is 9.51. The Labute approximate surface area is 131 Å². The maximum Gasteiger partial charge on any atom is 0.245 e. The van der Waals surface area contributed by atoms with Crippen molar-refractivity contribution in [3.05, 3.63) is 0 Å². The molecule has 2 heterocycles. The van der Waals surface area contributed by atoms with Crippen molar-refractivity contribution in [1.29, 1.82) is 0 Å². The molecule has 0 radical (unpaired) electrons. The number of thioether (sulfide) groups is 1. The van der Waals surface area contributed by atoms with Crippen LogP contribution in [0, 0.1) is 0 Å². The summed E-state index contributed by atoms with van der Waals surface area (Å²) in [6.07, 6.45) is 10.8. The predicted molar refractivity (Wildman–Crippen MR) is 85.3 cm³/mol. The maximum absolute atomic E-state index is 12.8. The summed E-state index contributed by atoms with van der Waals surface area (Å²) in [6.45, 7) is 2.23. The molecule has 2 saturated heterocycles. The lowest BCUT2D eigenvalue weighted by atomic mass is 9.87. The molecule has 118 valence electrons. The quantitative estimate of drug-likeness (QED) is 0.803. The number of amides is 2. The van der Waals surface area contributed by atoms with E-state index in [4.69, 9.17) is 0 Å². The van der Waals surface area contributed by atoms with Gasteiger partial charge in [-0.25, -0.2) is 0 Å². The van der Waals surface area contributed by atoms with E-state index in [9.17, 15) is 9.59 Å². The Hall–Kier alpha value is -0.710. The highest BCUT2D eigenvalue weighted by Gasteiger charge is 2.42. The molecule has 1 unspecified atom stereocenters. The average Bonchev–Trinajstić information content (AvgIpc) is 2.97. The minimum Gasteiger partial charge on any atom is -0.339 e. The van der Waals surface area contributed by atoms with E-state index in [0.29, 0.717) is 13.0 Å². The van der Waals surface area contributed by atoms with Crippen LogP contribution in [0.4, 0.5) is 0 Å². The number of hydrogen-bond donors (Lipinski definition) is 0. The molecule has 21 heavy (non-hydrogen) atoms. The van der Waals surface area contributed by atoms with Crippen LogP contribution in [0.2, 0.25) is 0 Å². The molecule has 3 aliphatic rings. The summed E-state index contributed by atoms with van der Waals surface area (Å²) in [5.74, 6) is 0.382. The first kappa shape index (κ1) is 15.2. The maximum atomic E-state index is 12.8. The van der Waals surface area contributed by atoms with Crippen molar-refractivity contribution in [3.63, 3.8) is 0 Å². The zero-order chi connectivity index (χ0) is 14.9. The highest BCUT2D eigenvalue weighted by Crippen LogP contribution is 2.40. The van der Waals surface area contributed by atoms with Gasteiger partial charge >= 0.3 is 0 Å². The van der Waals surface area contributed by atoms with Gasteiger partial charge in [0, 0.05) is 30.8 Å². The molecule has 0 spiro atoms. The second-order valence-electron chi connectivity index (χ2n) is 6.70. The van der Waals surface area contributed by atoms with E-state index in [2.05, 4.69) is 6.26 Å². The van der Waals surface area contributed by atoms with Gasteiger partial charge in [-0.3, -0.25) is 9.59 Å². The average molecular weight is 310 g/mol. The van der Waals surface area contributed by atoms with Crippen molar-refractivity contribution in [2.24, 2.45) is 0 Å². The first-order valence-electron chi connectivity index (χ1n) is 8.29. The zero-order valence-electron chi connectivity index (χ0n) is 13.0. The molecule has 0 bridgehead atoms. The van der Waals surface area contributed by atoms with Crippen molar-refractivity contribution in [1.82, 2.24) is 9.80 Å². The normalized spacial score (nSPS) is 29.5. The van der Waals surface area contributed by atoms with Gasteiger partial charge in [0.1, 0.15) is 6.04 Å². The molecule has 2 amide bonds. The highest BCUT2D eigenvalue weighted by molar-refractivity contribution is 8.00. The molecule has 0 aromatic rings. The van der Waals surface area contributed by atoms with E-state index < -0.39 is 0 Å². The third-order valence-electron chi connectivity index (χ3n) is 5.44. The summed E-state index contributed by atoms with van der Waals surface area (Å²) in [4.78, 5) is 28.8.